The van der Waals surface area contributed by atoms with Crippen LogP contribution in [-0.2, 0) is 13.0 Å². The molecule has 1 aliphatic heterocycles. The van der Waals surface area contributed by atoms with Gasteiger partial charge in [0.2, 0.25) is 5.13 Å². The van der Waals surface area contributed by atoms with Crippen molar-refractivity contribution in [3.05, 3.63) is 75.8 Å². The zero-order valence-electron chi connectivity index (χ0n) is 15.0. The van der Waals surface area contributed by atoms with Gasteiger partial charge in [-0.05, 0) is 36.2 Å². The molecule has 0 atom stereocenters. The predicted octanol–water partition coefficient (Wildman–Crippen LogP) is 3.15. The van der Waals surface area contributed by atoms with Gasteiger partial charge >= 0.3 is 0 Å². The lowest BCUT2D eigenvalue weighted by molar-refractivity contribution is 0.0642. The van der Waals surface area contributed by atoms with E-state index in [1.807, 2.05) is 6.92 Å². The molecule has 28 heavy (non-hydrogen) atoms. The van der Waals surface area contributed by atoms with Gasteiger partial charge in [-0.25, -0.2) is 0 Å². The maximum atomic E-state index is 12.4. The number of fused-ring (bicyclic) bond motifs is 1. The Morgan fingerprint density at radius 1 is 1.00 bits per heavy atom. The third-order valence-electron chi connectivity index (χ3n) is 4.42. The fraction of sp³-hybridized carbons (Fsp3) is 0.150. The van der Waals surface area contributed by atoms with Crippen molar-refractivity contribution in [2.24, 2.45) is 0 Å². The number of imide groups is 1. The zero-order chi connectivity index (χ0) is 19.7. The van der Waals surface area contributed by atoms with E-state index in [9.17, 15) is 14.4 Å². The van der Waals surface area contributed by atoms with Gasteiger partial charge in [-0.2, -0.15) is 0 Å². The normalized spacial score (nSPS) is 13.0. The molecule has 0 unspecified atom stereocenters. The van der Waals surface area contributed by atoms with Crippen LogP contribution in [0.5, 0.6) is 0 Å². The Morgan fingerprint density at radius 2 is 1.64 bits per heavy atom. The Hall–Kier alpha value is -3.39. The smallest absolute Gasteiger partial charge is 0.261 e. The Balaban J connectivity index is 1.44. The lowest BCUT2D eigenvalue weighted by Crippen LogP contribution is -2.29. The highest BCUT2D eigenvalue weighted by Crippen LogP contribution is 2.24. The quantitative estimate of drug-likeness (QED) is 0.674. The monoisotopic (exact) mass is 392 g/mol. The first-order valence-corrected chi connectivity index (χ1v) is 9.56. The van der Waals surface area contributed by atoms with Crippen LogP contribution in [0, 0.1) is 0 Å². The summed E-state index contributed by atoms with van der Waals surface area (Å²) in [4.78, 5) is 38.4. The molecule has 2 heterocycles. The molecule has 2 aromatic carbocycles. The molecule has 1 aromatic heterocycles. The summed E-state index contributed by atoms with van der Waals surface area (Å²) in [5.41, 5.74) is 2.06. The maximum Gasteiger partial charge on any atom is 0.261 e. The number of rotatable bonds is 5. The number of carbonyl (C=O) groups excluding carboxylic acids is 3. The topological polar surface area (TPSA) is 92.3 Å². The van der Waals surface area contributed by atoms with Gasteiger partial charge in [-0.1, -0.05) is 42.5 Å². The van der Waals surface area contributed by atoms with E-state index < -0.39 is 0 Å². The van der Waals surface area contributed by atoms with Crippen molar-refractivity contribution in [1.82, 2.24) is 15.1 Å². The molecule has 0 radical (unpaired) electrons. The summed E-state index contributed by atoms with van der Waals surface area (Å²) < 4.78 is 0. The van der Waals surface area contributed by atoms with Crippen molar-refractivity contribution < 1.29 is 14.4 Å². The van der Waals surface area contributed by atoms with Gasteiger partial charge in [0.15, 0.2) is 0 Å². The van der Waals surface area contributed by atoms with E-state index in [4.69, 9.17) is 0 Å². The lowest BCUT2D eigenvalue weighted by atomic mass is 10.1. The highest BCUT2D eigenvalue weighted by molar-refractivity contribution is 7.15. The molecule has 1 aliphatic rings. The molecule has 8 heteroatoms. The molecule has 0 aliphatic carbocycles. The fourth-order valence-electron chi connectivity index (χ4n) is 2.94. The summed E-state index contributed by atoms with van der Waals surface area (Å²) in [6, 6.07) is 13.6. The average Bonchev–Trinajstić information content (AvgIpc) is 3.27. The lowest BCUT2D eigenvalue weighted by Gasteiger charge is -2.14. The van der Waals surface area contributed by atoms with Gasteiger partial charge in [0.25, 0.3) is 17.7 Å². The minimum atomic E-state index is -0.301. The molecule has 3 aromatic rings. The van der Waals surface area contributed by atoms with Crippen LogP contribution >= 0.6 is 11.3 Å². The Kier molecular flexibility index (Phi) is 4.70. The van der Waals surface area contributed by atoms with Crippen LogP contribution in [0.25, 0.3) is 0 Å². The third-order valence-corrected chi connectivity index (χ3v) is 5.41. The number of aromatic nitrogens is 2. The first kappa shape index (κ1) is 18.0. The molecule has 3 amide bonds. The van der Waals surface area contributed by atoms with E-state index in [2.05, 4.69) is 15.5 Å². The molecule has 7 nitrogen and oxygen atoms in total. The summed E-state index contributed by atoms with van der Waals surface area (Å²) in [7, 11) is 0. The molecular formula is C20H16N4O3S. The summed E-state index contributed by atoms with van der Waals surface area (Å²) in [5, 5.41) is 11.9. The van der Waals surface area contributed by atoms with Crippen LogP contribution in [0.3, 0.4) is 0 Å². The Labute approximate surface area is 165 Å². The number of amides is 3. The van der Waals surface area contributed by atoms with Crippen molar-refractivity contribution in [3.63, 3.8) is 0 Å². The fourth-order valence-corrected chi connectivity index (χ4v) is 3.62. The first-order valence-electron chi connectivity index (χ1n) is 8.74. The second-order valence-electron chi connectivity index (χ2n) is 6.25. The number of nitrogens with zero attached hydrogens (tertiary/aromatic N) is 3. The van der Waals surface area contributed by atoms with Gasteiger partial charge < -0.3 is 0 Å². The van der Waals surface area contributed by atoms with E-state index in [0.29, 0.717) is 21.8 Å². The van der Waals surface area contributed by atoms with E-state index in [1.54, 1.807) is 48.5 Å². The molecule has 0 saturated heterocycles. The highest BCUT2D eigenvalue weighted by Gasteiger charge is 2.34. The van der Waals surface area contributed by atoms with E-state index >= 15 is 0 Å². The molecule has 1 N–H and O–H groups in total. The standard InChI is InChI=1S/C20H16N4O3S/c1-2-16-22-23-20(28-16)21-17(25)13-9-7-12(8-10-13)11-24-18(26)14-5-3-4-6-15(14)19(24)27/h3-10H,2,11H2,1H3,(H,21,23,25). The molecule has 0 fully saturated rings. The number of carbonyl (C=O) groups is 3. The van der Waals surface area contributed by atoms with Gasteiger partial charge in [-0.15, -0.1) is 10.2 Å². The summed E-state index contributed by atoms with van der Waals surface area (Å²) in [6.45, 7) is 2.13. The van der Waals surface area contributed by atoms with Crippen molar-refractivity contribution >= 4 is 34.2 Å². The molecule has 4 rings (SSSR count). The average molecular weight is 392 g/mol. The van der Waals surface area contributed by atoms with E-state index in [0.717, 1.165) is 17.0 Å². The molecule has 0 saturated carbocycles. The van der Waals surface area contributed by atoms with Gasteiger partial charge in [0, 0.05) is 5.56 Å². The number of aryl methyl sites for hydroxylation is 1. The maximum absolute atomic E-state index is 12.4. The second kappa shape index (κ2) is 7.32. The van der Waals surface area contributed by atoms with Crippen LogP contribution in [0.15, 0.2) is 48.5 Å². The molecule has 0 bridgehead atoms. The third kappa shape index (κ3) is 3.29. The van der Waals surface area contributed by atoms with Gasteiger partial charge in [0.05, 0.1) is 17.7 Å². The SMILES string of the molecule is CCc1nnc(NC(=O)c2ccc(CN3C(=O)c4ccccc4C3=O)cc2)s1. The van der Waals surface area contributed by atoms with Crippen LogP contribution in [0.2, 0.25) is 0 Å². The van der Waals surface area contributed by atoms with Crippen molar-refractivity contribution in [3.8, 4) is 0 Å². The Bertz CT molecular complexity index is 1040. The van der Waals surface area contributed by atoms with Crippen molar-refractivity contribution in [1.29, 1.82) is 0 Å². The number of hydrogen-bond acceptors (Lipinski definition) is 6. The molecule has 140 valence electrons. The Morgan fingerprint density at radius 3 is 2.21 bits per heavy atom. The number of benzene rings is 2. The van der Waals surface area contributed by atoms with Crippen LogP contribution in [0.4, 0.5) is 5.13 Å². The molecule has 0 spiro atoms. The van der Waals surface area contributed by atoms with Gasteiger partial charge in [-0.3, -0.25) is 24.6 Å². The largest absolute Gasteiger partial charge is 0.296 e. The van der Waals surface area contributed by atoms with Crippen LogP contribution in [0.1, 0.15) is 48.6 Å². The van der Waals surface area contributed by atoms with Crippen LogP contribution < -0.4 is 5.32 Å². The number of hydrogen-bond donors (Lipinski definition) is 1. The number of anilines is 1. The number of nitrogens with one attached hydrogen (secondary N) is 1. The van der Waals surface area contributed by atoms with E-state index in [-0.39, 0.29) is 24.3 Å². The minimum Gasteiger partial charge on any atom is -0.296 e. The first-order chi connectivity index (χ1) is 13.6. The zero-order valence-corrected chi connectivity index (χ0v) is 15.8. The van der Waals surface area contributed by atoms with Crippen molar-refractivity contribution in [2.75, 3.05) is 5.32 Å². The second-order valence-corrected chi connectivity index (χ2v) is 7.31. The van der Waals surface area contributed by atoms with Crippen molar-refractivity contribution in [2.45, 2.75) is 19.9 Å². The van der Waals surface area contributed by atoms with Crippen LogP contribution in [-0.4, -0.2) is 32.8 Å². The predicted molar refractivity (Wildman–Crippen MR) is 104 cm³/mol. The molecular weight excluding hydrogens is 376 g/mol. The summed E-state index contributed by atoms with van der Waals surface area (Å²) in [6.07, 6.45) is 0.764. The van der Waals surface area contributed by atoms with E-state index in [1.165, 1.54) is 16.2 Å². The minimum absolute atomic E-state index is 0.157. The summed E-state index contributed by atoms with van der Waals surface area (Å²) in [5.74, 6) is -0.887. The highest BCUT2D eigenvalue weighted by atomic mass is 32.1. The summed E-state index contributed by atoms with van der Waals surface area (Å²) >= 11 is 1.34. The van der Waals surface area contributed by atoms with Gasteiger partial charge in [0.1, 0.15) is 5.01 Å².